The number of rotatable bonds is 6. The molecule has 0 spiro atoms. The summed E-state index contributed by atoms with van der Waals surface area (Å²) in [5.41, 5.74) is 1.01. The number of aromatic nitrogens is 2. The summed E-state index contributed by atoms with van der Waals surface area (Å²) in [5.74, 6) is 0.785. The van der Waals surface area contributed by atoms with Gasteiger partial charge in [-0.3, -0.25) is 9.39 Å². The number of fused-ring (bicyclic) bond motifs is 1. The molecule has 0 amide bonds. The molecule has 0 radical (unpaired) electrons. The van der Waals surface area contributed by atoms with Gasteiger partial charge < -0.3 is 15.4 Å². The largest absolute Gasteiger partial charge is 0.385 e. The van der Waals surface area contributed by atoms with Gasteiger partial charge in [0.15, 0.2) is 10.9 Å². The lowest BCUT2D eigenvalue weighted by Gasteiger charge is -2.10. The van der Waals surface area contributed by atoms with Crippen LogP contribution in [0.5, 0.6) is 0 Å². The van der Waals surface area contributed by atoms with Crippen LogP contribution in [0.3, 0.4) is 0 Å². The Hall–Kier alpha value is -0.870. The molecule has 2 aromatic rings. The molecule has 2 N–H and O–H groups in total. The molecule has 2 rings (SSSR count). The molecule has 0 saturated heterocycles. The molecule has 2 aromatic heterocycles. The molecule has 2 heterocycles. The highest BCUT2D eigenvalue weighted by Gasteiger charge is 2.03. The predicted octanol–water partition coefficient (Wildman–Crippen LogP) is 1.72. The Kier molecular flexibility index (Phi) is 7.85. The van der Waals surface area contributed by atoms with Gasteiger partial charge in [0.05, 0.1) is 12.2 Å². The molecule has 6 nitrogen and oxygen atoms in total. The van der Waals surface area contributed by atoms with Crippen molar-refractivity contribution in [2.45, 2.75) is 13.0 Å². The van der Waals surface area contributed by atoms with Crippen molar-refractivity contribution in [3.8, 4) is 0 Å². The van der Waals surface area contributed by atoms with Crippen molar-refractivity contribution in [3.63, 3.8) is 0 Å². The zero-order chi connectivity index (χ0) is 13.5. The standard InChI is InChI=1S/C12H19N5OS.HI/c1-13-11(14-4-3-6-18-2)15-8-10-9-17-5-7-19-12(17)16-10;/h5,7,9H,3-4,6,8H2,1-2H3,(H2,13,14,15);1H. The van der Waals surface area contributed by atoms with Crippen LogP contribution in [0.15, 0.2) is 22.8 Å². The summed E-state index contributed by atoms with van der Waals surface area (Å²) in [6.07, 6.45) is 4.99. The maximum atomic E-state index is 5.00. The Morgan fingerprint density at radius 1 is 1.50 bits per heavy atom. The minimum absolute atomic E-state index is 0. The van der Waals surface area contributed by atoms with Gasteiger partial charge in [-0.25, -0.2) is 4.98 Å². The maximum absolute atomic E-state index is 5.00. The summed E-state index contributed by atoms with van der Waals surface area (Å²) in [5, 5.41) is 8.49. The molecule has 0 bridgehead atoms. The summed E-state index contributed by atoms with van der Waals surface area (Å²) < 4.78 is 7.02. The van der Waals surface area contributed by atoms with E-state index in [0.29, 0.717) is 6.54 Å². The van der Waals surface area contributed by atoms with E-state index in [0.717, 1.165) is 36.2 Å². The van der Waals surface area contributed by atoms with Crippen molar-refractivity contribution in [3.05, 3.63) is 23.5 Å². The van der Waals surface area contributed by atoms with E-state index in [1.165, 1.54) is 0 Å². The molecule has 0 aliphatic heterocycles. The van der Waals surface area contributed by atoms with Crippen molar-refractivity contribution in [1.82, 2.24) is 20.0 Å². The van der Waals surface area contributed by atoms with Crippen LogP contribution in [-0.4, -0.2) is 42.7 Å². The van der Waals surface area contributed by atoms with Gasteiger partial charge in [0.25, 0.3) is 0 Å². The number of methoxy groups -OCH3 is 1. The third-order valence-electron chi connectivity index (χ3n) is 2.62. The number of aliphatic imine (C=N–C) groups is 1. The van der Waals surface area contributed by atoms with Crippen LogP contribution in [0.1, 0.15) is 12.1 Å². The van der Waals surface area contributed by atoms with Crippen molar-refractivity contribution in [2.75, 3.05) is 27.3 Å². The highest BCUT2D eigenvalue weighted by atomic mass is 127. The van der Waals surface area contributed by atoms with Crippen molar-refractivity contribution in [1.29, 1.82) is 0 Å². The molecular weight excluding hydrogens is 389 g/mol. The molecule has 0 fully saturated rings. The number of imidazole rings is 1. The summed E-state index contributed by atoms with van der Waals surface area (Å²) in [6.45, 7) is 2.26. The third kappa shape index (κ3) is 4.91. The maximum Gasteiger partial charge on any atom is 0.193 e. The van der Waals surface area contributed by atoms with Gasteiger partial charge in [0.1, 0.15) is 0 Å². The molecule has 8 heteroatoms. The average Bonchev–Trinajstić information content (AvgIpc) is 2.98. The quantitative estimate of drug-likeness (QED) is 0.330. The van der Waals surface area contributed by atoms with E-state index in [1.54, 1.807) is 25.5 Å². The van der Waals surface area contributed by atoms with Crippen LogP contribution in [0, 0.1) is 0 Å². The zero-order valence-corrected chi connectivity index (χ0v) is 14.8. The van der Waals surface area contributed by atoms with Gasteiger partial charge in [-0.2, -0.15) is 0 Å². The van der Waals surface area contributed by atoms with Crippen molar-refractivity contribution < 1.29 is 4.74 Å². The molecule has 112 valence electrons. The van der Waals surface area contributed by atoms with Crippen LogP contribution in [0.4, 0.5) is 0 Å². The summed E-state index contributed by atoms with van der Waals surface area (Å²) >= 11 is 1.63. The van der Waals surface area contributed by atoms with Crippen LogP contribution in [-0.2, 0) is 11.3 Å². The molecule has 0 atom stereocenters. The number of hydrogen-bond donors (Lipinski definition) is 2. The topological polar surface area (TPSA) is 63.0 Å². The first-order valence-electron chi connectivity index (χ1n) is 6.18. The van der Waals surface area contributed by atoms with Gasteiger partial charge >= 0.3 is 0 Å². The smallest absolute Gasteiger partial charge is 0.193 e. The van der Waals surface area contributed by atoms with Gasteiger partial charge in [0.2, 0.25) is 0 Å². The third-order valence-corrected chi connectivity index (χ3v) is 3.39. The number of halogens is 1. The van der Waals surface area contributed by atoms with E-state index in [9.17, 15) is 0 Å². The molecule has 0 unspecified atom stereocenters. The Morgan fingerprint density at radius 3 is 3.05 bits per heavy atom. The monoisotopic (exact) mass is 409 g/mol. The van der Waals surface area contributed by atoms with Gasteiger partial charge in [0, 0.05) is 45.1 Å². The Morgan fingerprint density at radius 2 is 2.35 bits per heavy atom. The first-order chi connectivity index (χ1) is 9.33. The molecule has 20 heavy (non-hydrogen) atoms. The Labute approximate surface area is 139 Å². The molecule has 0 aliphatic rings. The van der Waals surface area contributed by atoms with E-state index in [4.69, 9.17) is 4.74 Å². The van der Waals surface area contributed by atoms with Crippen LogP contribution >= 0.6 is 35.3 Å². The Balaban J connectivity index is 0.00000200. The summed E-state index contributed by atoms with van der Waals surface area (Å²) in [7, 11) is 3.47. The normalized spacial score (nSPS) is 11.4. The first-order valence-corrected chi connectivity index (χ1v) is 7.06. The van der Waals surface area contributed by atoms with Crippen LogP contribution in [0.25, 0.3) is 4.96 Å². The number of guanidine groups is 1. The van der Waals surface area contributed by atoms with Crippen molar-refractivity contribution >= 4 is 46.2 Å². The Bertz CT molecular complexity index is 510. The van der Waals surface area contributed by atoms with E-state index in [-0.39, 0.29) is 24.0 Å². The zero-order valence-electron chi connectivity index (χ0n) is 11.6. The molecule has 0 aliphatic carbocycles. The number of nitrogens with zero attached hydrogens (tertiary/aromatic N) is 3. The highest BCUT2D eigenvalue weighted by molar-refractivity contribution is 14.0. The SMILES string of the molecule is CN=C(NCCCOC)NCc1cn2ccsc2n1.I. The van der Waals surface area contributed by atoms with Crippen LogP contribution in [0.2, 0.25) is 0 Å². The summed E-state index contributed by atoms with van der Waals surface area (Å²) in [4.78, 5) is 9.68. The van der Waals surface area contributed by atoms with Gasteiger partial charge in [-0.1, -0.05) is 0 Å². The van der Waals surface area contributed by atoms with E-state index in [1.807, 2.05) is 22.2 Å². The number of hydrogen-bond acceptors (Lipinski definition) is 4. The molecule has 0 aromatic carbocycles. The van der Waals surface area contributed by atoms with E-state index >= 15 is 0 Å². The fraction of sp³-hybridized carbons (Fsp3) is 0.500. The second-order valence-corrected chi connectivity index (χ2v) is 4.90. The minimum atomic E-state index is 0. The minimum Gasteiger partial charge on any atom is -0.385 e. The van der Waals surface area contributed by atoms with E-state index in [2.05, 4.69) is 20.6 Å². The first kappa shape index (κ1) is 17.2. The van der Waals surface area contributed by atoms with Gasteiger partial charge in [-0.15, -0.1) is 35.3 Å². The fourth-order valence-electron chi connectivity index (χ4n) is 1.68. The lowest BCUT2D eigenvalue weighted by molar-refractivity contribution is 0.195. The average molecular weight is 409 g/mol. The second kappa shape index (κ2) is 9.14. The van der Waals surface area contributed by atoms with E-state index < -0.39 is 0 Å². The number of thiazole rings is 1. The summed E-state index contributed by atoms with van der Waals surface area (Å²) in [6, 6.07) is 0. The molecular formula is C12H20IN5OS. The highest BCUT2D eigenvalue weighted by Crippen LogP contribution is 2.10. The number of ether oxygens (including phenoxy) is 1. The lowest BCUT2D eigenvalue weighted by Crippen LogP contribution is -2.37. The second-order valence-electron chi connectivity index (χ2n) is 4.02. The number of nitrogens with one attached hydrogen (secondary N) is 2. The fourth-order valence-corrected chi connectivity index (χ4v) is 2.40. The lowest BCUT2D eigenvalue weighted by atomic mass is 10.4. The van der Waals surface area contributed by atoms with Crippen LogP contribution < -0.4 is 10.6 Å². The predicted molar refractivity (Wildman–Crippen MR) is 93.2 cm³/mol. The van der Waals surface area contributed by atoms with Gasteiger partial charge in [-0.05, 0) is 6.42 Å². The molecule has 0 saturated carbocycles. The van der Waals surface area contributed by atoms with Crippen molar-refractivity contribution in [2.24, 2.45) is 4.99 Å².